The number of carboxylic acid groups (broad SMARTS) is 1. The molecule has 0 heterocycles. The van der Waals surface area contributed by atoms with Gasteiger partial charge in [-0.15, -0.1) is 0 Å². The molecule has 1 atom stereocenters. The summed E-state index contributed by atoms with van der Waals surface area (Å²) in [6.07, 6.45) is -1.17. The Morgan fingerprint density at radius 2 is 2.18 bits per heavy atom. The van der Waals surface area contributed by atoms with Crippen LogP contribution in [0.1, 0.15) is 0 Å². The fourth-order valence-corrected chi connectivity index (χ4v) is 0.228. The number of carbonyl (C=O) groups is 1. The third-order valence-corrected chi connectivity index (χ3v) is 0.645. The molecule has 5 nitrogen and oxygen atoms in total. The number of hydrogen-bond acceptors (Lipinski definition) is 4. The summed E-state index contributed by atoms with van der Waals surface area (Å²) < 4.78 is 0. The molecule has 2 N–H and O–H groups in total. The van der Waals surface area contributed by atoms with E-state index in [1.807, 2.05) is 0 Å². The minimum Gasteiger partial charge on any atom is -0.859 e. The number of aliphatic imine (C=N–C) groups is 1. The van der Waals surface area contributed by atoms with E-state index in [9.17, 15) is 9.90 Å². The molecule has 0 saturated carbocycles. The van der Waals surface area contributed by atoms with Crippen molar-refractivity contribution in [2.45, 2.75) is 6.23 Å². The number of rotatable bonds is 3. The molecule has 0 aromatic carbocycles. The van der Waals surface area contributed by atoms with Gasteiger partial charge in [0.1, 0.15) is 0 Å². The Kier molecular flexibility index (Phi) is 7.65. The molecule has 0 bridgehead atoms. The van der Waals surface area contributed by atoms with Gasteiger partial charge in [-0.05, 0) is 5.90 Å². The Bertz CT molecular complexity index is 179. The third kappa shape index (κ3) is 6.05. The van der Waals surface area contributed by atoms with Crippen LogP contribution in [0.25, 0.3) is 0 Å². The molecule has 0 amide bonds. The van der Waals surface area contributed by atoms with Crippen molar-refractivity contribution in [1.29, 1.82) is 0 Å². The van der Waals surface area contributed by atoms with Crippen LogP contribution >= 0.6 is 0 Å². The van der Waals surface area contributed by atoms with E-state index >= 15 is 0 Å². The number of nitrogens with zero attached hydrogens (tertiary/aromatic N) is 1. The summed E-state index contributed by atoms with van der Waals surface area (Å²) >= 11 is 0. The van der Waals surface area contributed by atoms with Gasteiger partial charge in [-0.1, -0.05) is 12.7 Å². The smallest absolute Gasteiger partial charge is 0.859 e. The molecule has 56 valence electrons. The molecule has 0 aromatic heterocycles. The van der Waals surface area contributed by atoms with Gasteiger partial charge < -0.3 is 15.3 Å². The van der Waals surface area contributed by atoms with Gasteiger partial charge in [0.2, 0.25) is 6.23 Å². The fourth-order valence-electron chi connectivity index (χ4n) is 0.228. The average Bonchev–Trinajstić information content (AvgIpc) is 1.87. The van der Waals surface area contributed by atoms with Gasteiger partial charge in [0.15, 0.2) is 0 Å². The topological polar surface area (TPSA) is 93.0 Å². The number of aliphatic hydroxyl groups excluding tert-OH is 1. The van der Waals surface area contributed by atoms with Crippen molar-refractivity contribution in [3.05, 3.63) is 12.7 Å². The molecule has 1 unspecified atom stereocenters. The van der Waals surface area contributed by atoms with Crippen LogP contribution in [0.2, 0.25) is 0 Å². The first-order valence-electron chi connectivity index (χ1n) is 2.36. The summed E-state index contributed by atoms with van der Waals surface area (Å²) in [6, 6.07) is 0. The minimum atomic E-state index is -1.98. The molecule has 0 aliphatic carbocycles. The van der Waals surface area contributed by atoms with Gasteiger partial charge in [-0.2, -0.15) is 0 Å². The first-order chi connectivity index (χ1) is 4.57. The number of aliphatic hydroxyl groups is 1. The molecular weight excluding hydrogens is 161 g/mol. The fraction of sp³-hybridized carbons (Fsp3) is 0.200. The van der Waals surface area contributed by atoms with Crippen molar-refractivity contribution in [2.75, 3.05) is 0 Å². The zero-order valence-corrected chi connectivity index (χ0v) is 8.02. The SMILES string of the molecule is C=CC([O-])=NC(O)C(=O)O.[Na+]. The maximum absolute atomic E-state index is 10.2. The predicted octanol–water partition coefficient (Wildman–Crippen LogP) is -4.66. The zero-order valence-electron chi connectivity index (χ0n) is 6.02. The Balaban J connectivity index is 0. The van der Waals surface area contributed by atoms with Gasteiger partial charge >= 0.3 is 35.5 Å². The Morgan fingerprint density at radius 1 is 1.73 bits per heavy atom. The molecule has 0 aliphatic rings. The van der Waals surface area contributed by atoms with Gasteiger partial charge in [0, 0.05) is 0 Å². The standard InChI is InChI=1S/C5H7NO4.Na/c1-2-3(7)6-4(8)5(9)10;/h2,4,8H,1H2,(H,6,7)(H,9,10);/q;+1/p-1. The van der Waals surface area contributed by atoms with E-state index in [2.05, 4.69) is 11.6 Å². The number of hydrogen-bond donors (Lipinski definition) is 2. The maximum atomic E-state index is 10.2. The summed E-state index contributed by atoms with van der Waals surface area (Å²) in [7, 11) is 0. The molecule has 0 radical (unpaired) electrons. The summed E-state index contributed by atoms with van der Waals surface area (Å²) in [5.41, 5.74) is 0. The maximum Gasteiger partial charge on any atom is 1.00 e. The normalized spacial score (nSPS) is 13.0. The monoisotopic (exact) mass is 167 g/mol. The third-order valence-electron chi connectivity index (χ3n) is 0.645. The van der Waals surface area contributed by atoms with Crippen LogP contribution < -0.4 is 34.7 Å². The van der Waals surface area contributed by atoms with E-state index in [4.69, 9.17) is 10.2 Å². The molecule has 0 aliphatic heterocycles. The van der Waals surface area contributed by atoms with Crippen LogP contribution in [-0.4, -0.2) is 28.3 Å². The molecule has 0 aromatic rings. The second-order valence-electron chi connectivity index (χ2n) is 1.38. The molecular formula is C5H6NNaO4. The van der Waals surface area contributed by atoms with E-state index in [0.717, 1.165) is 6.08 Å². The quantitative estimate of drug-likeness (QED) is 0.251. The summed E-state index contributed by atoms with van der Waals surface area (Å²) in [5.74, 6) is -2.41. The summed E-state index contributed by atoms with van der Waals surface area (Å²) in [6.45, 7) is 3.03. The van der Waals surface area contributed by atoms with E-state index in [1.54, 1.807) is 0 Å². The largest absolute Gasteiger partial charge is 1.00 e. The first kappa shape index (κ1) is 13.2. The van der Waals surface area contributed by atoms with E-state index in [-0.39, 0.29) is 29.6 Å². The zero-order chi connectivity index (χ0) is 8.15. The van der Waals surface area contributed by atoms with Crippen molar-refractivity contribution < 1.29 is 49.7 Å². The van der Waals surface area contributed by atoms with Gasteiger partial charge in [0.25, 0.3) is 0 Å². The molecule has 0 saturated heterocycles. The Hall–Kier alpha value is -0.360. The van der Waals surface area contributed by atoms with Crippen LogP contribution in [-0.2, 0) is 4.79 Å². The summed E-state index contributed by atoms with van der Waals surface area (Å²) in [5, 5.41) is 26.6. The number of carboxylic acids is 1. The van der Waals surface area contributed by atoms with Crippen molar-refractivity contribution in [2.24, 2.45) is 4.99 Å². The second-order valence-corrected chi connectivity index (χ2v) is 1.38. The van der Waals surface area contributed by atoms with E-state index in [1.165, 1.54) is 0 Å². The van der Waals surface area contributed by atoms with Crippen LogP contribution in [0.5, 0.6) is 0 Å². The molecule has 6 heteroatoms. The Labute approximate surface area is 85.4 Å². The predicted molar refractivity (Wildman–Crippen MR) is 31.3 cm³/mol. The van der Waals surface area contributed by atoms with Crippen LogP contribution in [0.15, 0.2) is 17.6 Å². The van der Waals surface area contributed by atoms with Gasteiger partial charge in [-0.25, -0.2) is 4.79 Å². The van der Waals surface area contributed by atoms with Gasteiger partial charge in [0.05, 0.1) is 0 Å². The first-order valence-corrected chi connectivity index (χ1v) is 2.36. The van der Waals surface area contributed by atoms with Crippen molar-refractivity contribution in [3.8, 4) is 0 Å². The van der Waals surface area contributed by atoms with Crippen LogP contribution in [0, 0.1) is 0 Å². The Morgan fingerprint density at radius 3 is 2.45 bits per heavy atom. The second kappa shape index (κ2) is 6.36. The summed E-state index contributed by atoms with van der Waals surface area (Å²) in [4.78, 5) is 12.6. The minimum absolute atomic E-state index is 0. The average molecular weight is 167 g/mol. The van der Waals surface area contributed by atoms with Crippen molar-refractivity contribution in [3.63, 3.8) is 0 Å². The molecule has 11 heavy (non-hydrogen) atoms. The molecule has 0 rings (SSSR count). The van der Waals surface area contributed by atoms with Crippen LogP contribution in [0.3, 0.4) is 0 Å². The molecule has 0 spiro atoms. The van der Waals surface area contributed by atoms with E-state index in [0.29, 0.717) is 0 Å². The van der Waals surface area contributed by atoms with Crippen molar-refractivity contribution >= 4 is 11.9 Å². The van der Waals surface area contributed by atoms with Gasteiger partial charge in [-0.3, -0.25) is 4.99 Å². The van der Waals surface area contributed by atoms with Crippen molar-refractivity contribution in [1.82, 2.24) is 0 Å². The molecule has 0 fully saturated rings. The van der Waals surface area contributed by atoms with E-state index < -0.39 is 18.1 Å². The van der Waals surface area contributed by atoms with Crippen LogP contribution in [0.4, 0.5) is 0 Å². The number of aliphatic carboxylic acids is 1.